The summed E-state index contributed by atoms with van der Waals surface area (Å²) in [7, 11) is -4.61. The fourth-order valence-corrected chi connectivity index (χ4v) is 10.1. The van der Waals surface area contributed by atoms with Gasteiger partial charge in [0.2, 0.25) is 5.60 Å². The van der Waals surface area contributed by atoms with E-state index in [-0.39, 0.29) is 49.2 Å². The van der Waals surface area contributed by atoms with Gasteiger partial charge in [0.1, 0.15) is 35.9 Å². The Balaban J connectivity index is 1.08. The van der Waals surface area contributed by atoms with Crippen molar-refractivity contribution in [2.75, 3.05) is 32.2 Å². The maximum absolute atomic E-state index is 14.8. The Morgan fingerprint density at radius 3 is 2.18 bits per heavy atom. The molecular formula is C53H73N6O11P. The number of unbranched alkanes of at least 4 members (excludes halogenated alkanes) is 15. The highest BCUT2D eigenvalue weighted by Crippen LogP contribution is 2.52. The predicted octanol–water partition coefficient (Wildman–Crippen LogP) is 12.1. The molecule has 2 aromatic heterocycles. The summed E-state index contributed by atoms with van der Waals surface area (Å²) in [6.07, 6.45) is 18.8. The molecule has 5 aromatic rings. The van der Waals surface area contributed by atoms with Gasteiger partial charge in [-0.1, -0.05) is 140 Å². The minimum atomic E-state index is -4.61. The number of phosphoric ester groups is 1. The summed E-state index contributed by atoms with van der Waals surface area (Å²) in [5.41, 5.74) is 5.65. The van der Waals surface area contributed by atoms with Gasteiger partial charge in [0.25, 0.3) is 5.69 Å². The SMILES string of the molecule is CCCCCCCCCCCCCCCCCCOC[C@H](COP(=O)(OC[C@@H]1C[C@@H](OC(C)(C)O)[C@](C#N)(c2ccc3c(N)ncnn23)O1)Oc1ccc([N+](=O)[O-])cc1)OCc1ccc2ccccc2c1. The van der Waals surface area contributed by atoms with Crippen molar-refractivity contribution in [2.24, 2.45) is 0 Å². The number of aromatic nitrogens is 3. The Morgan fingerprint density at radius 2 is 1.55 bits per heavy atom. The van der Waals surface area contributed by atoms with Crippen LogP contribution in [0.15, 0.2) is 85.2 Å². The number of nitro benzene ring substituents is 1. The van der Waals surface area contributed by atoms with E-state index in [2.05, 4.69) is 23.1 Å². The quantitative estimate of drug-likeness (QED) is 0.0128. The number of nitrogen functional groups attached to an aromatic ring is 1. The third-order valence-corrected chi connectivity index (χ3v) is 14.0. The zero-order valence-electron chi connectivity index (χ0n) is 41.7. The molecule has 5 atom stereocenters. The van der Waals surface area contributed by atoms with E-state index in [4.69, 9.17) is 38.3 Å². The molecule has 17 nitrogen and oxygen atoms in total. The van der Waals surface area contributed by atoms with Gasteiger partial charge in [-0.25, -0.2) is 14.1 Å². The number of non-ortho nitro benzene ring substituents is 1. The number of rotatable bonds is 34. The van der Waals surface area contributed by atoms with E-state index in [0.29, 0.717) is 12.1 Å². The number of hydrogen-bond acceptors (Lipinski definition) is 15. The average Bonchev–Trinajstić information content (AvgIpc) is 3.95. The third-order valence-electron chi connectivity index (χ3n) is 12.6. The van der Waals surface area contributed by atoms with Crippen molar-refractivity contribution in [3.05, 3.63) is 107 Å². The first-order valence-corrected chi connectivity index (χ1v) is 26.9. The number of fused-ring (bicyclic) bond motifs is 2. The van der Waals surface area contributed by atoms with Gasteiger partial charge in [0, 0.05) is 25.2 Å². The van der Waals surface area contributed by atoms with Crippen molar-refractivity contribution in [3.63, 3.8) is 0 Å². The van der Waals surface area contributed by atoms with Gasteiger partial charge in [-0.3, -0.25) is 19.2 Å². The molecule has 0 spiro atoms. The van der Waals surface area contributed by atoms with Crippen molar-refractivity contribution >= 4 is 35.6 Å². The largest absolute Gasteiger partial charge is 0.530 e. The summed E-state index contributed by atoms with van der Waals surface area (Å²) in [5, 5.41) is 39.5. The molecule has 1 aliphatic rings. The fourth-order valence-electron chi connectivity index (χ4n) is 8.84. The first-order valence-electron chi connectivity index (χ1n) is 25.4. The van der Waals surface area contributed by atoms with Crippen molar-refractivity contribution in [3.8, 4) is 11.8 Å². The molecule has 0 aliphatic carbocycles. The lowest BCUT2D eigenvalue weighted by Gasteiger charge is -2.31. The molecule has 386 valence electrons. The third kappa shape index (κ3) is 17.0. The van der Waals surface area contributed by atoms with Crippen LogP contribution in [0.5, 0.6) is 5.75 Å². The maximum Gasteiger partial charge on any atom is 0.530 e. The van der Waals surface area contributed by atoms with E-state index in [9.17, 15) is 25.0 Å². The second-order valence-corrected chi connectivity index (χ2v) is 20.5. The number of phosphoric acid groups is 1. The van der Waals surface area contributed by atoms with Gasteiger partial charge in [0.05, 0.1) is 43.1 Å². The summed E-state index contributed by atoms with van der Waals surface area (Å²) < 4.78 is 59.1. The number of hydrogen-bond donors (Lipinski definition) is 2. The fraction of sp³-hybridized carbons (Fsp3) is 0.566. The van der Waals surface area contributed by atoms with Gasteiger partial charge < -0.3 is 34.3 Å². The normalized spacial score (nSPS) is 18.4. The van der Waals surface area contributed by atoms with Gasteiger partial charge in [0.15, 0.2) is 11.6 Å². The molecule has 0 saturated carbocycles. The second-order valence-electron chi connectivity index (χ2n) is 18.9. The van der Waals surface area contributed by atoms with Crippen molar-refractivity contribution in [1.29, 1.82) is 5.26 Å². The summed E-state index contributed by atoms with van der Waals surface area (Å²) >= 11 is 0. The monoisotopic (exact) mass is 1000 g/mol. The van der Waals surface area contributed by atoms with Crippen molar-refractivity contribution < 1.29 is 47.1 Å². The summed E-state index contributed by atoms with van der Waals surface area (Å²) in [5.74, 6) is -1.55. The van der Waals surface area contributed by atoms with Crippen molar-refractivity contribution in [2.45, 2.75) is 166 Å². The van der Waals surface area contributed by atoms with E-state index in [0.717, 1.165) is 35.6 Å². The van der Waals surface area contributed by atoms with E-state index < -0.39 is 49.1 Å². The molecule has 3 aromatic carbocycles. The number of aliphatic hydroxyl groups is 1. The summed E-state index contributed by atoms with van der Waals surface area (Å²) in [6, 6.07) is 24.6. The first kappa shape index (κ1) is 55.3. The van der Waals surface area contributed by atoms with Crippen LogP contribution in [-0.4, -0.2) is 75.2 Å². The Labute approximate surface area is 418 Å². The molecule has 1 saturated heterocycles. The molecular weight excluding hydrogens is 928 g/mol. The molecule has 0 amide bonds. The molecule has 0 radical (unpaired) electrons. The van der Waals surface area contributed by atoms with Crippen LogP contribution in [0.2, 0.25) is 0 Å². The molecule has 3 N–H and O–H groups in total. The lowest BCUT2D eigenvalue weighted by Crippen LogP contribution is -2.43. The predicted molar refractivity (Wildman–Crippen MR) is 271 cm³/mol. The lowest BCUT2D eigenvalue weighted by molar-refractivity contribution is -0.384. The maximum atomic E-state index is 14.8. The zero-order valence-corrected chi connectivity index (χ0v) is 42.6. The number of nitro groups is 1. The molecule has 1 unspecified atom stereocenters. The molecule has 71 heavy (non-hydrogen) atoms. The zero-order chi connectivity index (χ0) is 50.5. The van der Waals surface area contributed by atoms with Crippen LogP contribution in [0.3, 0.4) is 0 Å². The standard InChI is InChI=1S/C53H73N6O11P/c1-4-5-6-7-8-9-10-11-12-13-14-15-16-17-18-21-32-64-36-47(65-35-41-24-25-42-22-19-20-23-43(42)33-41)38-67-71(63,70-45-28-26-44(27-29-45)59(61)62)66-37-46-34-50(69-52(2,3)60)53(39-54,68-46)49-31-30-48-51(55)56-40-57-58(48)49/h19-20,22-31,33,40,46-47,50,60H,4-18,21,32,34-38H2,1-3H3,(H2,55,56,57)/t46-,47+,50+,53-,71?/m0/s1. The minimum absolute atomic E-state index is 0.00638. The molecule has 6 rings (SSSR count). The highest BCUT2D eigenvalue weighted by atomic mass is 31.2. The van der Waals surface area contributed by atoms with E-state index in [1.807, 2.05) is 42.5 Å². The van der Waals surface area contributed by atoms with Crippen LogP contribution < -0.4 is 10.3 Å². The summed E-state index contributed by atoms with van der Waals surface area (Å²) in [4.78, 5) is 14.9. The van der Waals surface area contributed by atoms with Gasteiger partial charge in [-0.2, -0.15) is 10.4 Å². The van der Waals surface area contributed by atoms with Gasteiger partial charge in [-0.15, -0.1) is 0 Å². The number of nitriles is 1. The van der Waals surface area contributed by atoms with Crippen molar-refractivity contribution in [1.82, 2.24) is 14.6 Å². The number of nitrogens with two attached hydrogens (primary N) is 1. The van der Waals surface area contributed by atoms with Crippen LogP contribution >= 0.6 is 7.82 Å². The van der Waals surface area contributed by atoms with Crippen LogP contribution in [-0.2, 0) is 44.8 Å². The Hall–Kier alpha value is -5.02. The molecule has 0 bridgehead atoms. The summed E-state index contributed by atoms with van der Waals surface area (Å²) in [6.45, 7) is 5.23. The smallest absolute Gasteiger partial charge is 0.404 e. The number of benzene rings is 3. The van der Waals surface area contributed by atoms with E-state index in [1.54, 1.807) is 12.1 Å². The highest BCUT2D eigenvalue weighted by Gasteiger charge is 2.55. The van der Waals surface area contributed by atoms with E-state index >= 15 is 0 Å². The van der Waals surface area contributed by atoms with Crippen LogP contribution in [0.1, 0.15) is 141 Å². The molecule has 1 aliphatic heterocycles. The van der Waals surface area contributed by atoms with Gasteiger partial charge >= 0.3 is 7.82 Å². The lowest BCUT2D eigenvalue weighted by atomic mass is 9.93. The minimum Gasteiger partial charge on any atom is -0.404 e. The number of nitrogens with zero attached hydrogens (tertiary/aromatic N) is 5. The Morgan fingerprint density at radius 1 is 0.901 bits per heavy atom. The Kier molecular flexibility index (Phi) is 21.6. The average molecular weight is 1000 g/mol. The molecule has 18 heteroatoms. The Bertz CT molecular complexity index is 2500. The van der Waals surface area contributed by atoms with E-state index in [1.165, 1.54) is 132 Å². The van der Waals surface area contributed by atoms with Gasteiger partial charge in [-0.05, 0) is 66.9 Å². The number of ether oxygens (including phenoxy) is 4. The number of anilines is 1. The second kappa shape index (κ2) is 27.7. The van der Waals surface area contributed by atoms with Crippen LogP contribution in [0.4, 0.5) is 11.5 Å². The highest BCUT2D eigenvalue weighted by molar-refractivity contribution is 7.48. The topological polar surface area (TPSA) is 225 Å². The molecule has 1 fully saturated rings. The van der Waals surface area contributed by atoms with Crippen LogP contribution in [0.25, 0.3) is 16.3 Å². The first-order chi connectivity index (χ1) is 34.3. The molecule has 3 heterocycles. The van der Waals surface area contributed by atoms with Crippen LogP contribution in [0, 0.1) is 21.4 Å².